The van der Waals surface area contributed by atoms with Gasteiger partial charge < -0.3 is 5.32 Å². The molecular weight excluding hydrogens is 208 g/mol. The molecule has 0 aromatic heterocycles. The zero-order valence-corrected chi connectivity index (χ0v) is 12.3. The van der Waals surface area contributed by atoms with Crippen LogP contribution in [0.5, 0.6) is 0 Å². The van der Waals surface area contributed by atoms with Crippen molar-refractivity contribution >= 4 is 0 Å². The summed E-state index contributed by atoms with van der Waals surface area (Å²) in [7, 11) is 0. The van der Waals surface area contributed by atoms with Gasteiger partial charge in [-0.1, -0.05) is 33.6 Å². The van der Waals surface area contributed by atoms with Crippen LogP contribution in [0, 0.1) is 5.92 Å². The van der Waals surface area contributed by atoms with Crippen LogP contribution in [0.4, 0.5) is 0 Å². The van der Waals surface area contributed by atoms with Crippen LogP contribution >= 0.6 is 0 Å². The van der Waals surface area contributed by atoms with Gasteiger partial charge in [0.25, 0.3) is 0 Å². The fourth-order valence-corrected chi connectivity index (χ4v) is 2.96. The molecule has 0 amide bonds. The van der Waals surface area contributed by atoms with Gasteiger partial charge in [-0.15, -0.1) is 0 Å². The summed E-state index contributed by atoms with van der Waals surface area (Å²) in [6.45, 7) is 12.8. The van der Waals surface area contributed by atoms with Crippen molar-refractivity contribution in [3.8, 4) is 0 Å². The van der Waals surface area contributed by atoms with Gasteiger partial charge in [0.2, 0.25) is 0 Å². The van der Waals surface area contributed by atoms with Gasteiger partial charge in [-0.05, 0) is 38.6 Å². The van der Waals surface area contributed by atoms with E-state index >= 15 is 0 Å². The van der Waals surface area contributed by atoms with E-state index in [-0.39, 0.29) is 0 Å². The minimum absolute atomic E-state index is 0.727. The Morgan fingerprint density at radius 1 is 1.24 bits per heavy atom. The molecule has 0 heterocycles. The molecule has 0 saturated heterocycles. The molecule has 1 saturated carbocycles. The molecule has 1 rings (SSSR count). The van der Waals surface area contributed by atoms with Crippen LogP contribution in [0.15, 0.2) is 0 Å². The molecule has 1 N–H and O–H groups in total. The molecule has 0 bridgehead atoms. The lowest BCUT2D eigenvalue weighted by Gasteiger charge is -2.32. The van der Waals surface area contributed by atoms with E-state index in [2.05, 4.69) is 37.9 Å². The zero-order chi connectivity index (χ0) is 12.7. The second-order valence-electron chi connectivity index (χ2n) is 5.71. The average molecular weight is 240 g/mol. The standard InChI is InChI=1S/C15H32N2/c1-5-14(4)17(6-2)12-11-16-15-10-8-7-9-13(15)3/h13-16H,5-12H2,1-4H3. The molecule has 102 valence electrons. The Kier molecular flexibility index (Phi) is 7.14. The van der Waals surface area contributed by atoms with Crippen LogP contribution in [0.1, 0.15) is 59.8 Å². The lowest BCUT2D eigenvalue weighted by atomic mass is 9.86. The number of nitrogens with one attached hydrogen (secondary N) is 1. The van der Waals surface area contributed by atoms with Crippen LogP contribution in [0.25, 0.3) is 0 Å². The molecule has 0 aromatic carbocycles. The van der Waals surface area contributed by atoms with Crippen molar-refractivity contribution in [2.24, 2.45) is 5.92 Å². The van der Waals surface area contributed by atoms with E-state index in [9.17, 15) is 0 Å². The second kappa shape index (κ2) is 8.10. The fourth-order valence-electron chi connectivity index (χ4n) is 2.96. The van der Waals surface area contributed by atoms with E-state index in [0.29, 0.717) is 0 Å². The molecule has 1 aliphatic carbocycles. The van der Waals surface area contributed by atoms with Crippen molar-refractivity contribution in [2.75, 3.05) is 19.6 Å². The number of rotatable bonds is 7. The highest BCUT2D eigenvalue weighted by atomic mass is 15.2. The van der Waals surface area contributed by atoms with Gasteiger partial charge in [0.1, 0.15) is 0 Å². The molecule has 2 nitrogen and oxygen atoms in total. The molecule has 1 fully saturated rings. The normalized spacial score (nSPS) is 27.4. The maximum Gasteiger partial charge on any atom is 0.0110 e. The van der Waals surface area contributed by atoms with Crippen molar-refractivity contribution in [1.29, 1.82) is 0 Å². The number of hydrogen-bond acceptors (Lipinski definition) is 2. The summed E-state index contributed by atoms with van der Waals surface area (Å²) in [5.74, 6) is 0.877. The first-order chi connectivity index (χ1) is 8.19. The Morgan fingerprint density at radius 3 is 2.53 bits per heavy atom. The molecule has 1 aliphatic rings. The third-order valence-electron chi connectivity index (χ3n) is 4.54. The van der Waals surface area contributed by atoms with Gasteiger partial charge in [-0.2, -0.15) is 0 Å². The fraction of sp³-hybridized carbons (Fsp3) is 1.00. The lowest BCUT2D eigenvalue weighted by molar-refractivity contribution is 0.201. The Labute approximate surface area is 108 Å². The maximum atomic E-state index is 3.77. The van der Waals surface area contributed by atoms with Crippen molar-refractivity contribution in [3.05, 3.63) is 0 Å². The maximum absolute atomic E-state index is 3.77. The van der Waals surface area contributed by atoms with E-state index < -0.39 is 0 Å². The molecule has 0 aromatic rings. The monoisotopic (exact) mass is 240 g/mol. The van der Waals surface area contributed by atoms with Gasteiger partial charge in [-0.25, -0.2) is 0 Å². The van der Waals surface area contributed by atoms with E-state index in [1.807, 2.05) is 0 Å². The highest BCUT2D eigenvalue weighted by Gasteiger charge is 2.20. The average Bonchev–Trinajstić information content (AvgIpc) is 2.36. The highest BCUT2D eigenvalue weighted by molar-refractivity contribution is 4.78. The number of nitrogens with zero attached hydrogens (tertiary/aromatic N) is 1. The van der Waals surface area contributed by atoms with Crippen molar-refractivity contribution in [3.63, 3.8) is 0 Å². The first kappa shape index (κ1) is 15.0. The Balaban J connectivity index is 2.21. The smallest absolute Gasteiger partial charge is 0.0110 e. The highest BCUT2D eigenvalue weighted by Crippen LogP contribution is 2.23. The summed E-state index contributed by atoms with van der Waals surface area (Å²) in [5, 5.41) is 3.77. The molecule has 2 heteroatoms. The van der Waals surface area contributed by atoms with Crippen LogP contribution in [0.2, 0.25) is 0 Å². The second-order valence-corrected chi connectivity index (χ2v) is 5.71. The summed E-state index contributed by atoms with van der Waals surface area (Å²) < 4.78 is 0. The van der Waals surface area contributed by atoms with Crippen molar-refractivity contribution in [1.82, 2.24) is 10.2 Å². The van der Waals surface area contributed by atoms with Crippen LogP contribution in [0.3, 0.4) is 0 Å². The van der Waals surface area contributed by atoms with Crippen LogP contribution in [-0.2, 0) is 0 Å². The molecule has 3 unspecified atom stereocenters. The number of hydrogen-bond donors (Lipinski definition) is 1. The summed E-state index contributed by atoms with van der Waals surface area (Å²) in [6.07, 6.45) is 6.92. The Hall–Kier alpha value is -0.0800. The lowest BCUT2D eigenvalue weighted by Crippen LogP contribution is -2.43. The van der Waals surface area contributed by atoms with E-state index in [0.717, 1.165) is 24.5 Å². The third kappa shape index (κ3) is 4.97. The first-order valence-electron chi connectivity index (χ1n) is 7.66. The van der Waals surface area contributed by atoms with Crippen molar-refractivity contribution < 1.29 is 0 Å². The van der Waals surface area contributed by atoms with Crippen LogP contribution in [-0.4, -0.2) is 36.6 Å². The zero-order valence-electron chi connectivity index (χ0n) is 12.3. The molecular formula is C15H32N2. The quantitative estimate of drug-likeness (QED) is 0.735. The molecule has 17 heavy (non-hydrogen) atoms. The minimum atomic E-state index is 0.727. The largest absolute Gasteiger partial charge is 0.312 e. The van der Waals surface area contributed by atoms with E-state index in [4.69, 9.17) is 0 Å². The Morgan fingerprint density at radius 2 is 1.94 bits per heavy atom. The van der Waals surface area contributed by atoms with Gasteiger partial charge in [0, 0.05) is 25.2 Å². The van der Waals surface area contributed by atoms with Crippen molar-refractivity contribution in [2.45, 2.75) is 71.9 Å². The molecule has 3 atom stereocenters. The van der Waals surface area contributed by atoms with Gasteiger partial charge >= 0.3 is 0 Å². The molecule has 0 radical (unpaired) electrons. The topological polar surface area (TPSA) is 15.3 Å². The van der Waals surface area contributed by atoms with Crippen LogP contribution < -0.4 is 5.32 Å². The van der Waals surface area contributed by atoms with E-state index in [1.165, 1.54) is 45.2 Å². The summed E-state index contributed by atoms with van der Waals surface area (Å²) in [4.78, 5) is 2.58. The van der Waals surface area contributed by atoms with Gasteiger partial charge in [0.05, 0.1) is 0 Å². The third-order valence-corrected chi connectivity index (χ3v) is 4.54. The SMILES string of the molecule is CCC(C)N(CC)CCNC1CCCCC1C. The van der Waals surface area contributed by atoms with Gasteiger partial charge in [0.15, 0.2) is 0 Å². The molecule has 0 spiro atoms. The predicted molar refractivity (Wildman–Crippen MR) is 76.4 cm³/mol. The summed E-state index contributed by atoms with van der Waals surface area (Å²) in [6, 6.07) is 1.50. The predicted octanol–water partition coefficient (Wildman–Crippen LogP) is 3.28. The van der Waals surface area contributed by atoms with E-state index in [1.54, 1.807) is 0 Å². The minimum Gasteiger partial charge on any atom is -0.312 e. The molecule has 0 aliphatic heterocycles. The Bertz CT molecular complexity index is 187. The first-order valence-corrected chi connectivity index (χ1v) is 7.66. The summed E-state index contributed by atoms with van der Waals surface area (Å²) >= 11 is 0. The summed E-state index contributed by atoms with van der Waals surface area (Å²) in [5.41, 5.74) is 0. The van der Waals surface area contributed by atoms with Gasteiger partial charge in [-0.3, -0.25) is 4.90 Å². The number of likely N-dealkylation sites (N-methyl/N-ethyl adjacent to an activating group) is 1.